The number of azo groups is 1. The lowest BCUT2D eigenvalue weighted by Crippen LogP contribution is -2.31. The fraction of sp³-hybridized carbons (Fsp3) is 0.520. The number of nitrogens with zero attached hydrogens (tertiary/aromatic N) is 5. The first-order valence-electron chi connectivity index (χ1n) is 11.7. The molecule has 0 bridgehead atoms. The zero-order chi connectivity index (χ0) is 26.9. The average molecular weight is 642 g/mol. The number of hydrogen-bond acceptors (Lipinski definition) is 11. The van der Waals surface area contributed by atoms with Crippen LogP contribution in [0.2, 0.25) is 0 Å². The summed E-state index contributed by atoms with van der Waals surface area (Å²) in [5.74, 6) is 0. The van der Waals surface area contributed by atoms with E-state index in [2.05, 4.69) is 27.3 Å². The molecule has 2 aromatic rings. The molecule has 37 heavy (non-hydrogen) atoms. The minimum atomic E-state index is 0.391. The lowest BCUT2D eigenvalue weighted by Gasteiger charge is -2.25. The van der Waals surface area contributed by atoms with Gasteiger partial charge in [0.2, 0.25) is 0 Å². The van der Waals surface area contributed by atoms with Crippen LogP contribution >= 0.6 is 34.3 Å². The van der Waals surface area contributed by atoms with Crippen molar-refractivity contribution in [1.29, 1.82) is 10.5 Å². The monoisotopic (exact) mass is 641 g/mol. The number of hydrogen-bond donors (Lipinski definition) is 0. The van der Waals surface area contributed by atoms with Crippen molar-refractivity contribution in [1.82, 2.24) is 0 Å². The highest BCUT2D eigenvalue weighted by atomic mass is 127. The van der Waals surface area contributed by atoms with Gasteiger partial charge in [0.05, 0.1) is 64.1 Å². The van der Waals surface area contributed by atoms with Gasteiger partial charge in [0, 0.05) is 25.9 Å². The van der Waals surface area contributed by atoms with E-state index in [1.165, 1.54) is 11.3 Å². The predicted octanol–water partition coefficient (Wildman–Crippen LogP) is 5.39. The minimum absolute atomic E-state index is 0.391. The van der Waals surface area contributed by atoms with Crippen molar-refractivity contribution < 1.29 is 22.0 Å². The van der Waals surface area contributed by atoms with E-state index in [1.807, 2.05) is 48.1 Å². The van der Waals surface area contributed by atoms with Crippen LogP contribution in [0.25, 0.3) is 0 Å². The number of ether oxygens (including phenoxy) is 4. The van der Waals surface area contributed by atoms with Gasteiger partial charge in [-0.2, -0.15) is 10.5 Å². The van der Waals surface area contributed by atoms with Crippen molar-refractivity contribution >= 4 is 50.7 Å². The quantitative estimate of drug-likeness (QED) is 0.121. The summed E-state index contributed by atoms with van der Waals surface area (Å²) in [5, 5.41) is 27.7. The van der Waals surface area contributed by atoms with E-state index in [0.29, 0.717) is 92.6 Å². The lowest BCUT2D eigenvalue weighted by atomic mass is 10.1. The number of halogens is 1. The van der Waals surface area contributed by atoms with Crippen LogP contribution in [0.4, 0.5) is 16.4 Å². The average Bonchev–Trinajstić information content (AvgIpc) is 3.22. The first kappa shape index (κ1) is 31.1. The van der Waals surface area contributed by atoms with Crippen molar-refractivity contribution in [3.05, 3.63) is 39.8 Å². The van der Waals surface area contributed by atoms with Gasteiger partial charge in [0.1, 0.15) is 40.0 Å². The van der Waals surface area contributed by atoms with Crippen LogP contribution in [0.1, 0.15) is 21.6 Å². The third-order valence-electron chi connectivity index (χ3n) is 5.26. The van der Waals surface area contributed by atoms with Crippen molar-refractivity contribution in [2.45, 2.75) is 13.8 Å². The highest BCUT2D eigenvalue weighted by molar-refractivity contribution is 14.1. The van der Waals surface area contributed by atoms with Crippen LogP contribution in [-0.4, -0.2) is 73.1 Å². The third-order valence-corrected chi connectivity index (χ3v) is 6.78. The maximum Gasteiger partial charge on any atom is 0.158 e. The standard InChI is InChI=1S/C25H32IN5O5S/c1-19-16-21(4-5-23(19)29-30-25-22(17-27)20(2)24(18-28)37-25)31(7-9-34-14-15-36-26)6-8-33-12-13-35-11-10-32-3/h4-5,16H,6-15H2,1-3H3/b30-29+. The lowest BCUT2D eigenvalue weighted by molar-refractivity contribution is 0.0262. The maximum absolute atomic E-state index is 9.43. The highest BCUT2D eigenvalue weighted by Crippen LogP contribution is 2.36. The van der Waals surface area contributed by atoms with E-state index < -0.39 is 0 Å². The first-order valence-corrected chi connectivity index (χ1v) is 13.4. The van der Waals surface area contributed by atoms with Crippen molar-refractivity contribution in [2.75, 3.05) is 78.0 Å². The predicted molar refractivity (Wildman–Crippen MR) is 150 cm³/mol. The number of anilines is 1. The molecule has 0 fully saturated rings. The molecule has 1 aromatic heterocycles. The van der Waals surface area contributed by atoms with Crippen LogP contribution in [0.15, 0.2) is 28.4 Å². The fourth-order valence-corrected chi connectivity index (χ4v) is 4.29. The van der Waals surface area contributed by atoms with Gasteiger partial charge >= 0.3 is 0 Å². The van der Waals surface area contributed by atoms with Gasteiger partial charge in [0.15, 0.2) is 5.00 Å². The summed E-state index contributed by atoms with van der Waals surface area (Å²) < 4.78 is 26.8. The van der Waals surface area contributed by atoms with E-state index in [4.69, 9.17) is 22.0 Å². The SMILES string of the molecule is COCCOCCOCCN(CCOCCOI)c1ccc(/N=N/c2sc(C#N)c(C)c2C#N)c(C)c1. The second kappa shape index (κ2) is 18.1. The summed E-state index contributed by atoms with van der Waals surface area (Å²) in [6.45, 7) is 9.40. The van der Waals surface area contributed by atoms with Gasteiger partial charge in [-0.1, -0.05) is 0 Å². The van der Waals surface area contributed by atoms with E-state index in [9.17, 15) is 10.5 Å². The summed E-state index contributed by atoms with van der Waals surface area (Å²) in [6, 6.07) is 10.1. The zero-order valence-electron chi connectivity index (χ0n) is 21.4. The van der Waals surface area contributed by atoms with Crippen molar-refractivity contribution in [2.24, 2.45) is 10.2 Å². The summed E-state index contributed by atoms with van der Waals surface area (Å²) >= 11 is 3.03. The number of aryl methyl sites for hydroxylation is 1. The summed E-state index contributed by atoms with van der Waals surface area (Å²) in [7, 11) is 1.64. The number of benzene rings is 1. The molecule has 0 aliphatic heterocycles. The molecule has 0 spiro atoms. The first-order chi connectivity index (χ1) is 18.0. The Morgan fingerprint density at radius 1 is 0.892 bits per heavy atom. The smallest absolute Gasteiger partial charge is 0.158 e. The summed E-state index contributed by atoms with van der Waals surface area (Å²) in [6.07, 6.45) is 0. The molecule has 200 valence electrons. The van der Waals surface area contributed by atoms with E-state index >= 15 is 0 Å². The van der Waals surface area contributed by atoms with Crippen molar-refractivity contribution in [3.63, 3.8) is 0 Å². The van der Waals surface area contributed by atoms with Crippen LogP contribution in [0, 0.1) is 36.5 Å². The van der Waals surface area contributed by atoms with Crippen LogP contribution < -0.4 is 4.90 Å². The molecule has 2 rings (SSSR count). The minimum Gasteiger partial charge on any atom is -0.382 e. The molecule has 1 aromatic carbocycles. The summed E-state index contributed by atoms with van der Waals surface area (Å²) in [5.41, 5.74) is 3.68. The van der Waals surface area contributed by atoms with Gasteiger partial charge < -0.3 is 26.9 Å². The normalized spacial score (nSPS) is 11.1. The Bertz CT molecular complexity index is 1080. The van der Waals surface area contributed by atoms with Gasteiger partial charge in [-0.15, -0.1) is 21.6 Å². The van der Waals surface area contributed by atoms with Gasteiger partial charge in [-0.3, -0.25) is 0 Å². The Morgan fingerprint density at radius 2 is 1.54 bits per heavy atom. The molecular formula is C25H32IN5O5S. The number of nitriles is 2. The molecule has 0 saturated carbocycles. The molecule has 12 heteroatoms. The Labute approximate surface area is 236 Å². The molecular weight excluding hydrogens is 609 g/mol. The van der Waals surface area contributed by atoms with Crippen molar-refractivity contribution in [3.8, 4) is 12.1 Å². The van der Waals surface area contributed by atoms with Crippen LogP contribution in [0.3, 0.4) is 0 Å². The molecule has 0 N–H and O–H groups in total. The third kappa shape index (κ3) is 10.6. The zero-order valence-corrected chi connectivity index (χ0v) is 24.3. The summed E-state index contributed by atoms with van der Waals surface area (Å²) in [4.78, 5) is 2.67. The number of methoxy groups -OCH3 is 1. The topological polar surface area (TPSA) is 122 Å². The Balaban J connectivity index is 2.04. The molecule has 0 radical (unpaired) electrons. The molecule has 0 aliphatic rings. The van der Waals surface area contributed by atoms with Crippen LogP contribution in [-0.2, 0) is 22.0 Å². The molecule has 0 saturated heterocycles. The molecule has 0 amide bonds. The molecule has 0 unspecified atom stereocenters. The Morgan fingerprint density at radius 3 is 2.14 bits per heavy atom. The van der Waals surface area contributed by atoms with Gasteiger partial charge in [0.25, 0.3) is 0 Å². The molecule has 0 aliphatic carbocycles. The highest BCUT2D eigenvalue weighted by Gasteiger charge is 2.15. The number of thiophene rings is 1. The second-order valence-corrected chi connectivity index (χ2v) is 9.38. The van der Waals surface area contributed by atoms with Gasteiger partial charge in [-0.05, 0) is 43.2 Å². The van der Waals surface area contributed by atoms with E-state index in [-0.39, 0.29) is 0 Å². The Kier molecular flexibility index (Phi) is 15.2. The fourth-order valence-electron chi connectivity index (χ4n) is 3.23. The van der Waals surface area contributed by atoms with Gasteiger partial charge in [-0.25, -0.2) is 0 Å². The van der Waals surface area contributed by atoms with Crippen LogP contribution in [0.5, 0.6) is 0 Å². The number of rotatable bonds is 18. The van der Waals surface area contributed by atoms with E-state index in [0.717, 1.165) is 11.3 Å². The molecule has 0 atom stereocenters. The maximum atomic E-state index is 9.43. The largest absolute Gasteiger partial charge is 0.382 e. The molecule has 10 nitrogen and oxygen atoms in total. The molecule has 1 heterocycles. The second-order valence-electron chi connectivity index (χ2n) is 7.76. The van der Waals surface area contributed by atoms with E-state index in [1.54, 1.807) is 14.0 Å². The Hall–Kier alpha value is -2.17.